The van der Waals surface area contributed by atoms with Crippen molar-refractivity contribution in [2.24, 2.45) is 11.8 Å². The molecular formula is C17H21F3N2O. The number of benzene rings is 1. The molecule has 1 saturated carbocycles. The Morgan fingerprint density at radius 1 is 1.17 bits per heavy atom. The van der Waals surface area contributed by atoms with Gasteiger partial charge in [0.15, 0.2) is 0 Å². The van der Waals surface area contributed by atoms with E-state index in [9.17, 15) is 18.0 Å². The van der Waals surface area contributed by atoms with Gasteiger partial charge in [0.1, 0.15) is 0 Å². The van der Waals surface area contributed by atoms with Crippen LogP contribution < -0.4 is 10.6 Å². The summed E-state index contributed by atoms with van der Waals surface area (Å²) in [4.78, 5) is 12.4. The molecule has 0 radical (unpaired) electrons. The number of hydrogen-bond acceptors (Lipinski definition) is 2. The van der Waals surface area contributed by atoms with Crippen molar-refractivity contribution in [1.82, 2.24) is 5.32 Å². The monoisotopic (exact) mass is 326 g/mol. The highest BCUT2D eigenvalue weighted by Crippen LogP contribution is 2.41. The van der Waals surface area contributed by atoms with Crippen LogP contribution in [0, 0.1) is 11.8 Å². The number of anilines is 1. The number of carbonyl (C=O) groups is 1. The zero-order valence-corrected chi connectivity index (χ0v) is 12.9. The zero-order valence-electron chi connectivity index (χ0n) is 12.9. The van der Waals surface area contributed by atoms with Gasteiger partial charge in [-0.25, -0.2) is 0 Å². The number of amides is 1. The minimum absolute atomic E-state index is 0.0513. The van der Waals surface area contributed by atoms with E-state index in [0.717, 1.165) is 25.1 Å². The number of halogens is 3. The summed E-state index contributed by atoms with van der Waals surface area (Å²) < 4.78 is 39.4. The van der Waals surface area contributed by atoms with E-state index in [0.29, 0.717) is 24.9 Å². The van der Waals surface area contributed by atoms with Crippen LogP contribution in [0.2, 0.25) is 0 Å². The van der Waals surface area contributed by atoms with Crippen LogP contribution in [0.4, 0.5) is 18.9 Å². The summed E-state index contributed by atoms with van der Waals surface area (Å²) in [7, 11) is 0. The van der Waals surface area contributed by atoms with Gasteiger partial charge in [0.25, 0.3) is 0 Å². The lowest BCUT2D eigenvalue weighted by Gasteiger charge is -2.32. The number of fused-ring (bicyclic) bond motifs is 1. The fourth-order valence-corrected chi connectivity index (χ4v) is 3.63. The average molecular weight is 326 g/mol. The number of hydrogen-bond donors (Lipinski definition) is 2. The molecule has 1 heterocycles. The Morgan fingerprint density at radius 3 is 2.74 bits per heavy atom. The molecular weight excluding hydrogens is 305 g/mol. The van der Waals surface area contributed by atoms with Crippen LogP contribution in [-0.2, 0) is 17.8 Å². The normalized spacial score (nSPS) is 24.8. The van der Waals surface area contributed by atoms with Crippen LogP contribution in [0.1, 0.15) is 36.8 Å². The molecule has 1 aliphatic heterocycles. The first-order valence-electron chi connectivity index (χ1n) is 8.15. The maximum atomic E-state index is 13.1. The lowest BCUT2D eigenvalue weighted by atomic mass is 9.78. The SMILES string of the molecule is O=C(Nc1ccc2c(c1)CNCC2)C1CCCCC1C(F)(F)F. The van der Waals surface area contributed by atoms with Gasteiger partial charge in [-0.1, -0.05) is 18.9 Å². The fourth-order valence-electron chi connectivity index (χ4n) is 3.63. The Morgan fingerprint density at radius 2 is 1.96 bits per heavy atom. The van der Waals surface area contributed by atoms with Crippen LogP contribution in [0.5, 0.6) is 0 Å². The van der Waals surface area contributed by atoms with Crippen molar-refractivity contribution in [2.45, 2.75) is 44.8 Å². The van der Waals surface area contributed by atoms with Gasteiger partial charge >= 0.3 is 6.18 Å². The van der Waals surface area contributed by atoms with Gasteiger partial charge in [-0.15, -0.1) is 0 Å². The quantitative estimate of drug-likeness (QED) is 0.871. The molecule has 2 aliphatic rings. The van der Waals surface area contributed by atoms with Gasteiger partial charge < -0.3 is 10.6 Å². The van der Waals surface area contributed by atoms with E-state index in [4.69, 9.17) is 0 Å². The molecule has 0 bridgehead atoms. The second-order valence-corrected chi connectivity index (χ2v) is 6.44. The van der Waals surface area contributed by atoms with E-state index < -0.39 is 23.9 Å². The highest BCUT2D eigenvalue weighted by Gasteiger charge is 2.48. The van der Waals surface area contributed by atoms with E-state index in [2.05, 4.69) is 10.6 Å². The molecule has 0 aromatic heterocycles. The third-order valence-corrected chi connectivity index (χ3v) is 4.88. The molecule has 6 heteroatoms. The highest BCUT2D eigenvalue weighted by atomic mass is 19.4. The van der Waals surface area contributed by atoms with Crippen LogP contribution in [0.15, 0.2) is 18.2 Å². The Kier molecular flexibility index (Phi) is 4.62. The third kappa shape index (κ3) is 3.68. The topological polar surface area (TPSA) is 41.1 Å². The summed E-state index contributed by atoms with van der Waals surface area (Å²) in [6.45, 7) is 1.65. The van der Waals surface area contributed by atoms with Crippen molar-refractivity contribution in [2.75, 3.05) is 11.9 Å². The molecule has 1 aliphatic carbocycles. The van der Waals surface area contributed by atoms with Gasteiger partial charge in [0.05, 0.1) is 5.92 Å². The summed E-state index contributed by atoms with van der Waals surface area (Å²) in [5.41, 5.74) is 2.92. The van der Waals surface area contributed by atoms with Crippen LogP contribution >= 0.6 is 0 Å². The van der Waals surface area contributed by atoms with Crippen molar-refractivity contribution in [1.29, 1.82) is 0 Å². The minimum Gasteiger partial charge on any atom is -0.326 e. The summed E-state index contributed by atoms with van der Waals surface area (Å²) >= 11 is 0. The van der Waals surface area contributed by atoms with Gasteiger partial charge in [0.2, 0.25) is 5.91 Å². The third-order valence-electron chi connectivity index (χ3n) is 4.88. The number of carbonyl (C=O) groups excluding carboxylic acids is 1. The molecule has 23 heavy (non-hydrogen) atoms. The Hall–Kier alpha value is -1.56. The molecule has 1 fully saturated rings. The molecule has 2 unspecified atom stereocenters. The molecule has 0 saturated heterocycles. The highest BCUT2D eigenvalue weighted by molar-refractivity contribution is 5.93. The van der Waals surface area contributed by atoms with Crippen molar-refractivity contribution < 1.29 is 18.0 Å². The van der Waals surface area contributed by atoms with E-state index in [1.165, 1.54) is 5.56 Å². The van der Waals surface area contributed by atoms with Gasteiger partial charge in [-0.05, 0) is 49.1 Å². The molecule has 1 aromatic rings. The minimum atomic E-state index is -4.30. The van der Waals surface area contributed by atoms with Gasteiger partial charge in [-0.2, -0.15) is 13.2 Å². The molecule has 3 rings (SSSR count). The standard InChI is InChI=1S/C17H21F3N2O/c18-17(19,20)15-4-2-1-3-14(15)16(23)22-13-6-5-11-7-8-21-10-12(11)9-13/h5-6,9,14-15,21H,1-4,7-8,10H2,(H,22,23). The van der Waals surface area contributed by atoms with E-state index in [1.54, 1.807) is 6.07 Å². The maximum Gasteiger partial charge on any atom is 0.392 e. The first-order chi connectivity index (χ1) is 10.9. The molecule has 1 aromatic carbocycles. The largest absolute Gasteiger partial charge is 0.392 e. The Balaban J connectivity index is 1.72. The van der Waals surface area contributed by atoms with Crippen molar-refractivity contribution >= 4 is 11.6 Å². The Labute approximate surface area is 133 Å². The Bertz CT molecular complexity index is 586. The predicted octanol–water partition coefficient (Wildman–Crippen LogP) is 3.64. The molecule has 3 nitrogen and oxygen atoms in total. The first kappa shape index (κ1) is 16.3. The summed E-state index contributed by atoms with van der Waals surface area (Å²) in [5, 5.41) is 5.95. The summed E-state index contributed by atoms with van der Waals surface area (Å²) in [6, 6.07) is 5.60. The van der Waals surface area contributed by atoms with Crippen LogP contribution in [-0.4, -0.2) is 18.6 Å². The first-order valence-corrected chi connectivity index (χ1v) is 8.15. The van der Waals surface area contributed by atoms with Crippen molar-refractivity contribution in [3.8, 4) is 0 Å². The van der Waals surface area contributed by atoms with Crippen LogP contribution in [0.3, 0.4) is 0 Å². The smallest absolute Gasteiger partial charge is 0.326 e. The lowest BCUT2D eigenvalue weighted by Crippen LogP contribution is -2.39. The van der Waals surface area contributed by atoms with E-state index >= 15 is 0 Å². The number of alkyl halides is 3. The number of rotatable bonds is 2. The molecule has 2 atom stereocenters. The molecule has 126 valence electrons. The van der Waals surface area contributed by atoms with Crippen LogP contribution in [0.25, 0.3) is 0 Å². The average Bonchev–Trinajstić information content (AvgIpc) is 2.54. The molecule has 1 amide bonds. The second-order valence-electron chi connectivity index (χ2n) is 6.44. The predicted molar refractivity (Wildman–Crippen MR) is 82.0 cm³/mol. The molecule has 0 spiro atoms. The second kappa shape index (κ2) is 6.51. The fraction of sp³-hybridized carbons (Fsp3) is 0.588. The summed E-state index contributed by atoms with van der Waals surface area (Å²) in [6.07, 6.45) is -1.79. The summed E-state index contributed by atoms with van der Waals surface area (Å²) in [5.74, 6) is -3.00. The molecule has 2 N–H and O–H groups in total. The van der Waals surface area contributed by atoms with E-state index in [1.807, 2.05) is 12.1 Å². The van der Waals surface area contributed by atoms with Crippen molar-refractivity contribution in [3.05, 3.63) is 29.3 Å². The van der Waals surface area contributed by atoms with Gasteiger partial charge in [0, 0.05) is 18.2 Å². The maximum absolute atomic E-state index is 13.1. The van der Waals surface area contributed by atoms with Crippen molar-refractivity contribution in [3.63, 3.8) is 0 Å². The zero-order chi connectivity index (χ0) is 16.4. The lowest BCUT2D eigenvalue weighted by molar-refractivity contribution is -0.197. The van der Waals surface area contributed by atoms with Gasteiger partial charge in [-0.3, -0.25) is 4.79 Å². The van der Waals surface area contributed by atoms with E-state index in [-0.39, 0.29) is 6.42 Å². The number of nitrogens with one attached hydrogen (secondary N) is 2.